The Morgan fingerprint density at radius 3 is 2.22 bits per heavy atom. The Balaban J connectivity index is 1.77. The Kier molecular flexibility index (Phi) is 4.60. The lowest BCUT2D eigenvalue weighted by atomic mass is 10.2. The van der Waals surface area contributed by atoms with Gasteiger partial charge in [0.2, 0.25) is 10.0 Å². The Morgan fingerprint density at radius 2 is 1.63 bits per heavy atom. The maximum absolute atomic E-state index is 12.7. The second kappa shape index (κ2) is 6.62. The molecule has 0 unspecified atom stereocenters. The smallest absolute Gasteiger partial charge is 0.351 e. The molecule has 0 atom stereocenters. The lowest BCUT2D eigenvalue weighted by molar-refractivity contribution is -0.140. The van der Waals surface area contributed by atoms with Crippen LogP contribution in [0.2, 0.25) is 0 Å². The quantitative estimate of drug-likeness (QED) is 0.625. The van der Waals surface area contributed by atoms with Gasteiger partial charge in [0.25, 0.3) is 5.91 Å². The van der Waals surface area contributed by atoms with Crippen LogP contribution in [0.4, 0.5) is 24.5 Å². The molecule has 10 heteroatoms. The van der Waals surface area contributed by atoms with Crippen LogP contribution in [0.3, 0.4) is 0 Å². The number of H-pyrrole nitrogens is 1. The number of hydrogen-bond acceptors (Lipinski definition) is 3. The molecule has 1 heterocycles. The van der Waals surface area contributed by atoms with Gasteiger partial charge in [0.1, 0.15) is 5.69 Å². The van der Waals surface area contributed by atoms with E-state index in [0.29, 0.717) is 22.3 Å². The molecule has 0 saturated carbocycles. The molecule has 3 aromatic rings. The fraction of sp³-hybridized carbons (Fsp3) is 0.118. The first-order valence-corrected chi connectivity index (χ1v) is 9.49. The molecule has 3 rings (SSSR count). The highest BCUT2D eigenvalue weighted by Gasteiger charge is 2.32. The molecule has 0 radical (unpaired) electrons. The summed E-state index contributed by atoms with van der Waals surface area (Å²) in [5.41, 5.74) is 0.340. The largest absolute Gasteiger partial charge is 0.431 e. The summed E-state index contributed by atoms with van der Waals surface area (Å²) in [6.07, 6.45) is -3.47. The number of carbonyl (C=O) groups excluding carboxylic acids is 1. The van der Waals surface area contributed by atoms with Crippen molar-refractivity contribution in [3.8, 4) is 0 Å². The Labute approximate surface area is 152 Å². The number of sulfonamides is 1. The number of halogens is 3. The second-order valence-electron chi connectivity index (χ2n) is 5.89. The third-order valence-electron chi connectivity index (χ3n) is 3.63. The minimum atomic E-state index is -4.48. The lowest BCUT2D eigenvalue weighted by Gasteiger charge is -2.07. The fourth-order valence-corrected chi connectivity index (χ4v) is 3.03. The van der Waals surface area contributed by atoms with Crippen LogP contribution in [0, 0.1) is 0 Å². The standard InChI is InChI=1S/C17H14F3N3O3S/c1-27(25,26)23-12-4-2-10(3-5-12)16(24)21-13-6-7-14-11(8-13)9-15(22-14)17(18,19)20/h2-9,22-23H,1H3,(H,21,24). The number of aromatic amines is 1. The maximum Gasteiger partial charge on any atom is 0.431 e. The van der Waals surface area contributed by atoms with E-state index in [4.69, 9.17) is 0 Å². The van der Waals surface area contributed by atoms with Crippen molar-refractivity contribution in [1.29, 1.82) is 0 Å². The van der Waals surface area contributed by atoms with Crippen LogP contribution in [0.15, 0.2) is 48.5 Å². The molecule has 0 aliphatic carbocycles. The van der Waals surface area contributed by atoms with E-state index < -0.39 is 27.8 Å². The van der Waals surface area contributed by atoms with Crippen LogP contribution in [-0.4, -0.2) is 25.6 Å². The van der Waals surface area contributed by atoms with Crippen LogP contribution in [0.1, 0.15) is 16.1 Å². The summed E-state index contributed by atoms with van der Waals surface area (Å²) >= 11 is 0. The first kappa shape index (κ1) is 18.8. The van der Waals surface area contributed by atoms with E-state index in [1.54, 1.807) is 0 Å². The molecule has 6 nitrogen and oxygen atoms in total. The SMILES string of the molecule is CS(=O)(=O)Nc1ccc(C(=O)Nc2ccc3[nH]c(C(F)(F)F)cc3c2)cc1. The van der Waals surface area contributed by atoms with Crippen molar-refractivity contribution in [3.05, 3.63) is 59.8 Å². The number of amides is 1. The summed E-state index contributed by atoms with van der Waals surface area (Å²) in [6, 6.07) is 11.0. The normalized spacial score (nSPS) is 12.1. The molecule has 0 spiro atoms. The highest BCUT2D eigenvalue weighted by molar-refractivity contribution is 7.92. The molecule has 0 aliphatic heterocycles. The number of rotatable bonds is 4. The summed E-state index contributed by atoms with van der Waals surface area (Å²) in [5.74, 6) is -0.480. The van der Waals surface area contributed by atoms with Gasteiger partial charge in [-0.2, -0.15) is 13.2 Å². The fourth-order valence-electron chi connectivity index (χ4n) is 2.47. The van der Waals surface area contributed by atoms with Crippen molar-refractivity contribution in [1.82, 2.24) is 4.98 Å². The Morgan fingerprint density at radius 1 is 1.00 bits per heavy atom. The van der Waals surface area contributed by atoms with E-state index in [1.165, 1.54) is 42.5 Å². The molecule has 0 fully saturated rings. The molecule has 27 heavy (non-hydrogen) atoms. The Bertz CT molecular complexity index is 1100. The number of benzene rings is 2. The average Bonchev–Trinajstić information content (AvgIpc) is 2.97. The summed E-state index contributed by atoms with van der Waals surface area (Å²) in [7, 11) is -3.42. The topological polar surface area (TPSA) is 91.1 Å². The monoisotopic (exact) mass is 397 g/mol. The van der Waals surface area contributed by atoms with Gasteiger partial charge in [-0.3, -0.25) is 9.52 Å². The van der Waals surface area contributed by atoms with Gasteiger partial charge in [0.05, 0.1) is 6.26 Å². The highest BCUT2D eigenvalue weighted by Crippen LogP contribution is 2.32. The molecule has 1 amide bonds. The first-order chi connectivity index (χ1) is 12.5. The van der Waals surface area contributed by atoms with Gasteiger partial charge >= 0.3 is 6.18 Å². The molecular weight excluding hydrogens is 383 g/mol. The van der Waals surface area contributed by atoms with Crippen LogP contribution in [-0.2, 0) is 16.2 Å². The van der Waals surface area contributed by atoms with Crippen molar-refractivity contribution in [3.63, 3.8) is 0 Å². The maximum atomic E-state index is 12.7. The number of anilines is 2. The molecule has 0 aliphatic rings. The van der Waals surface area contributed by atoms with E-state index in [0.717, 1.165) is 12.3 Å². The molecule has 1 aromatic heterocycles. The van der Waals surface area contributed by atoms with Gasteiger partial charge in [-0.1, -0.05) is 0 Å². The van der Waals surface area contributed by atoms with Crippen LogP contribution >= 0.6 is 0 Å². The third kappa shape index (κ3) is 4.59. The zero-order valence-corrected chi connectivity index (χ0v) is 14.7. The average molecular weight is 397 g/mol. The minimum Gasteiger partial charge on any atom is -0.351 e. The number of nitrogens with one attached hydrogen (secondary N) is 3. The summed E-state index contributed by atoms with van der Waals surface area (Å²) in [5, 5.41) is 2.91. The van der Waals surface area contributed by atoms with Crippen molar-refractivity contribution in [2.45, 2.75) is 6.18 Å². The van der Waals surface area contributed by atoms with Crippen LogP contribution < -0.4 is 10.0 Å². The van der Waals surface area contributed by atoms with Gasteiger partial charge in [-0.15, -0.1) is 0 Å². The van der Waals surface area contributed by atoms with Crippen molar-refractivity contribution >= 4 is 38.2 Å². The van der Waals surface area contributed by atoms with Gasteiger partial charge < -0.3 is 10.3 Å². The molecule has 2 aromatic carbocycles. The van der Waals surface area contributed by atoms with E-state index in [-0.39, 0.29) is 5.56 Å². The predicted molar refractivity (Wildman–Crippen MR) is 96.2 cm³/mol. The first-order valence-electron chi connectivity index (χ1n) is 7.60. The number of carbonyl (C=O) groups is 1. The van der Waals surface area contributed by atoms with E-state index in [9.17, 15) is 26.4 Å². The highest BCUT2D eigenvalue weighted by atomic mass is 32.2. The van der Waals surface area contributed by atoms with Gasteiger partial charge in [-0.25, -0.2) is 8.42 Å². The van der Waals surface area contributed by atoms with Crippen LogP contribution in [0.25, 0.3) is 10.9 Å². The van der Waals surface area contributed by atoms with Crippen molar-refractivity contribution in [2.24, 2.45) is 0 Å². The summed E-state index contributed by atoms with van der Waals surface area (Å²) < 4.78 is 62.9. The second-order valence-corrected chi connectivity index (χ2v) is 7.64. The van der Waals surface area contributed by atoms with Gasteiger partial charge in [-0.05, 0) is 48.5 Å². The minimum absolute atomic E-state index is 0.263. The van der Waals surface area contributed by atoms with Gasteiger partial charge in [0, 0.05) is 27.8 Å². The Hall–Kier alpha value is -3.01. The van der Waals surface area contributed by atoms with Crippen molar-refractivity contribution < 1.29 is 26.4 Å². The molecule has 3 N–H and O–H groups in total. The number of fused-ring (bicyclic) bond motifs is 1. The molecule has 142 valence electrons. The zero-order valence-electron chi connectivity index (χ0n) is 13.9. The summed E-state index contributed by atoms with van der Waals surface area (Å²) in [6.45, 7) is 0. The van der Waals surface area contributed by atoms with Crippen molar-refractivity contribution in [2.75, 3.05) is 16.3 Å². The molecular formula is C17H14F3N3O3S. The summed E-state index contributed by atoms with van der Waals surface area (Å²) in [4.78, 5) is 14.6. The number of aromatic nitrogens is 1. The van der Waals surface area contributed by atoms with E-state index in [2.05, 4.69) is 15.0 Å². The zero-order chi connectivity index (χ0) is 19.8. The molecule has 0 bridgehead atoms. The number of alkyl halides is 3. The number of hydrogen-bond donors (Lipinski definition) is 3. The third-order valence-corrected chi connectivity index (χ3v) is 4.24. The lowest BCUT2D eigenvalue weighted by Crippen LogP contribution is -2.12. The van der Waals surface area contributed by atoms with Crippen LogP contribution in [0.5, 0.6) is 0 Å². The van der Waals surface area contributed by atoms with Gasteiger partial charge in [0.15, 0.2) is 0 Å². The molecule has 0 saturated heterocycles. The predicted octanol–water partition coefficient (Wildman–Crippen LogP) is 3.81. The van der Waals surface area contributed by atoms with E-state index >= 15 is 0 Å². The van der Waals surface area contributed by atoms with E-state index in [1.807, 2.05) is 0 Å².